The van der Waals surface area contributed by atoms with Gasteiger partial charge in [-0.1, -0.05) is 12.0 Å². The van der Waals surface area contributed by atoms with E-state index in [-0.39, 0.29) is 35.0 Å². The Hall–Kier alpha value is -4.27. The molecule has 2 N–H and O–H groups in total. The van der Waals surface area contributed by atoms with Gasteiger partial charge < -0.3 is 20.1 Å². The number of terminal acetylenes is 1. The van der Waals surface area contributed by atoms with E-state index in [1.54, 1.807) is 12.3 Å². The molecule has 2 aromatic heterocycles. The second-order valence-electron chi connectivity index (χ2n) is 12.6. The lowest BCUT2D eigenvalue weighted by Crippen LogP contribution is -2.51. The van der Waals surface area contributed by atoms with Crippen molar-refractivity contribution in [1.29, 1.82) is 0 Å². The SMILES string of the molecule is C#Cc1c(F)ccc2cc(O)cc(-n3ncc4c(N5CC6CCC(C5)N6)nc(OC[C@@]56CCCN5C[C@H](F)C6)cc4c3=O)c12. The van der Waals surface area contributed by atoms with Gasteiger partial charge in [0.2, 0.25) is 5.88 Å². The maximum absolute atomic E-state index is 14.8. The molecule has 4 atom stereocenters. The van der Waals surface area contributed by atoms with Crippen LogP contribution in [0.25, 0.3) is 27.2 Å². The van der Waals surface area contributed by atoms with Crippen LogP contribution in [-0.2, 0) is 0 Å². The zero-order valence-electron chi connectivity index (χ0n) is 24.1. The number of nitrogens with one attached hydrogen (secondary N) is 1. The summed E-state index contributed by atoms with van der Waals surface area (Å²) in [6.45, 7) is 3.00. The number of piperazine rings is 1. The minimum atomic E-state index is -0.886. The van der Waals surface area contributed by atoms with Crippen LogP contribution in [0.3, 0.4) is 0 Å². The van der Waals surface area contributed by atoms with Gasteiger partial charge in [-0.3, -0.25) is 9.69 Å². The Kier molecular flexibility index (Phi) is 6.29. The molecule has 0 radical (unpaired) electrons. The molecule has 11 heteroatoms. The van der Waals surface area contributed by atoms with Crippen LogP contribution >= 0.6 is 0 Å². The first-order valence-corrected chi connectivity index (χ1v) is 15.2. The number of aromatic nitrogens is 3. The minimum absolute atomic E-state index is 0.0230. The Labute approximate surface area is 252 Å². The highest BCUT2D eigenvalue weighted by molar-refractivity contribution is 5.97. The van der Waals surface area contributed by atoms with Crippen LogP contribution in [0.2, 0.25) is 0 Å². The van der Waals surface area contributed by atoms with Crippen molar-refractivity contribution < 1.29 is 18.6 Å². The first-order chi connectivity index (χ1) is 21.3. The molecule has 8 rings (SSSR count). The van der Waals surface area contributed by atoms with E-state index < -0.39 is 17.5 Å². The Morgan fingerprint density at radius 2 is 1.98 bits per heavy atom. The van der Waals surface area contributed by atoms with Crippen molar-refractivity contribution in [3.63, 3.8) is 0 Å². The number of hydrogen-bond acceptors (Lipinski definition) is 8. The van der Waals surface area contributed by atoms with Crippen molar-refractivity contribution in [3.05, 3.63) is 58.3 Å². The van der Waals surface area contributed by atoms with Gasteiger partial charge in [-0.15, -0.1) is 6.42 Å². The fraction of sp³-hybridized carbons (Fsp3) is 0.424. The Morgan fingerprint density at radius 1 is 1.16 bits per heavy atom. The van der Waals surface area contributed by atoms with Crippen LogP contribution in [0.1, 0.15) is 37.7 Å². The Morgan fingerprint density at radius 3 is 2.77 bits per heavy atom. The molecule has 226 valence electrons. The van der Waals surface area contributed by atoms with E-state index in [9.17, 15) is 18.7 Å². The van der Waals surface area contributed by atoms with Gasteiger partial charge in [0, 0.05) is 55.7 Å². The molecule has 0 aliphatic carbocycles. The number of hydrogen-bond donors (Lipinski definition) is 2. The number of aromatic hydroxyl groups is 1. The lowest BCUT2D eigenvalue weighted by Gasteiger charge is -2.35. The average Bonchev–Trinajstić information content (AvgIpc) is 3.66. The molecular formula is C33H32F2N6O3. The lowest BCUT2D eigenvalue weighted by molar-refractivity contribution is 0.111. The first-order valence-electron chi connectivity index (χ1n) is 15.2. The summed E-state index contributed by atoms with van der Waals surface area (Å²) in [5, 5.41) is 20.3. The molecular weight excluding hydrogens is 566 g/mol. The summed E-state index contributed by atoms with van der Waals surface area (Å²) in [6.07, 6.45) is 10.8. The molecule has 2 aromatic carbocycles. The van der Waals surface area contributed by atoms with Crippen molar-refractivity contribution in [2.24, 2.45) is 0 Å². The van der Waals surface area contributed by atoms with Crippen LogP contribution in [0, 0.1) is 18.2 Å². The van der Waals surface area contributed by atoms with Gasteiger partial charge in [0.25, 0.3) is 5.56 Å². The zero-order valence-corrected chi connectivity index (χ0v) is 24.1. The highest BCUT2D eigenvalue weighted by Crippen LogP contribution is 2.41. The van der Waals surface area contributed by atoms with E-state index in [1.165, 1.54) is 24.3 Å². The van der Waals surface area contributed by atoms with Crippen LogP contribution in [0.4, 0.5) is 14.6 Å². The maximum atomic E-state index is 14.8. The predicted molar refractivity (Wildman–Crippen MR) is 163 cm³/mol. The smallest absolute Gasteiger partial charge is 0.279 e. The molecule has 4 aliphatic rings. The number of rotatable bonds is 5. The number of ether oxygens (including phenoxy) is 1. The van der Waals surface area contributed by atoms with Gasteiger partial charge in [0.1, 0.15) is 30.2 Å². The average molecular weight is 599 g/mol. The van der Waals surface area contributed by atoms with Crippen LogP contribution in [0.15, 0.2) is 41.3 Å². The number of phenolic OH excluding ortho intramolecular Hbond substituents is 1. The summed E-state index contributed by atoms with van der Waals surface area (Å²) in [7, 11) is 0. The number of nitrogens with zero attached hydrogens (tertiary/aromatic N) is 5. The molecule has 4 saturated heterocycles. The summed E-state index contributed by atoms with van der Waals surface area (Å²) in [5.41, 5.74) is -0.719. The predicted octanol–water partition coefficient (Wildman–Crippen LogP) is 3.66. The third-order valence-electron chi connectivity index (χ3n) is 9.91. The van der Waals surface area contributed by atoms with Gasteiger partial charge in [-0.25, -0.2) is 8.78 Å². The van der Waals surface area contributed by atoms with Crippen molar-refractivity contribution >= 4 is 27.4 Å². The van der Waals surface area contributed by atoms with E-state index in [4.69, 9.17) is 16.1 Å². The van der Waals surface area contributed by atoms with E-state index >= 15 is 0 Å². The standard InChI is InChI=1S/C33H32F2N6O3/c1-2-24-27(35)7-4-19-10-23(42)11-28(30(19)24)41-32(43)25-12-29(44-18-33-8-3-9-40(33)15-20(34)13-33)38-31(26(25)14-36-41)39-16-21-5-6-22(17-39)37-21/h1,4,7,10-12,14,20-22,37,42H,3,5-6,8-9,13,15-18H2/t20-,21?,22?,33+/m1/s1. The van der Waals surface area contributed by atoms with Gasteiger partial charge in [0.15, 0.2) is 0 Å². The molecule has 2 bridgehead atoms. The highest BCUT2D eigenvalue weighted by atomic mass is 19.1. The molecule has 0 saturated carbocycles. The fourth-order valence-corrected chi connectivity index (χ4v) is 7.93. The highest BCUT2D eigenvalue weighted by Gasteiger charge is 2.49. The number of benzene rings is 2. The van der Waals surface area contributed by atoms with E-state index in [0.717, 1.165) is 50.0 Å². The summed E-state index contributed by atoms with van der Waals surface area (Å²) in [4.78, 5) is 23.6. The van der Waals surface area contributed by atoms with Crippen molar-refractivity contribution in [2.75, 3.05) is 37.7 Å². The quantitative estimate of drug-likeness (QED) is 0.337. The lowest BCUT2D eigenvalue weighted by atomic mass is 9.95. The summed E-state index contributed by atoms with van der Waals surface area (Å²) in [5.74, 6) is 2.56. The van der Waals surface area contributed by atoms with Crippen molar-refractivity contribution in [1.82, 2.24) is 25.0 Å². The number of anilines is 1. The van der Waals surface area contributed by atoms with Crippen LogP contribution in [0.5, 0.6) is 11.6 Å². The molecule has 9 nitrogen and oxygen atoms in total. The summed E-state index contributed by atoms with van der Waals surface area (Å²) in [6, 6.07) is 7.83. The molecule has 0 amide bonds. The molecule has 4 aliphatic heterocycles. The molecule has 4 fully saturated rings. The minimum Gasteiger partial charge on any atom is -0.508 e. The van der Waals surface area contributed by atoms with E-state index in [0.29, 0.717) is 52.4 Å². The van der Waals surface area contributed by atoms with Gasteiger partial charge >= 0.3 is 0 Å². The topological polar surface area (TPSA) is 95.8 Å². The maximum Gasteiger partial charge on any atom is 0.279 e. The van der Waals surface area contributed by atoms with Crippen LogP contribution < -0.4 is 20.5 Å². The van der Waals surface area contributed by atoms with Crippen molar-refractivity contribution in [3.8, 4) is 29.7 Å². The molecule has 6 heterocycles. The van der Waals surface area contributed by atoms with E-state index in [2.05, 4.69) is 26.1 Å². The second-order valence-corrected chi connectivity index (χ2v) is 12.6. The third-order valence-corrected chi connectivity index (χ3v) is 9.91. The molecule has 4 aromatic rings. The summed E-state index contributed by atoms with van der Waals surface area (Å²) < 4.78 is 36.7. The zero-order chi connectivity index (χ0) is 30.2. The molecule has 44 heavy (non-hydrogen) atoms. The van der Waals surface area contributed by atoms with E-state index in [1.807, 2.05) is 0 Å². The Balaban J connectivity index is 1.28. The van der Waals surface area contributed by atoms with Crippen LogP contribution in [-0.4, -0.2) is 81.4 Å². The third kappa shape index (κ3) is 4.31. The fourth-order valence-electron chi connectivity index (χ4n) is 7.93. The first kappa shape index (κ1) is 27.3. The number of pyridine rings is 1. The number of alkyl halides is 1. The van der Waals surface area contributed by atoms with Crippen molar-refractivity contribution in [2.45, 2.75) is 55.9 Å². The number of phenols is 1. The van der Waals surface area contributed by atoms with Gasteiger partial charge in [-0.05, 0) is 49.7 Å². The normalized spacial score (nSPS) is 26.4. The largest absolute Gasteiger partial charge is 0.508 e. The number of fused-ring (bicyclic) bond motifs is 5. The van der Waals surface area contributed by atoms with Gasteiger partial charge in [0.05, 0.1) is 33.8 Å². The second kappa shape index (κ2) is 10.1. The summed E-state index contributed by atoms with van der Waals surface area (Å²) >= 11 is 0. The molecule has 2 unspecified atom stereocenters. The number of halogens is 2. The molecule has 0 spiro atoms. The Bertz CT molecular complexity index is 1910. The van der Waals surface area contributed by atoms with Gasteiger partial charge in [-0.2, -0.15) is 14.8 Å². The monoisotopic (exact) mass is 598 g/mol.